The Kier molecular flexibility index (Phi) is 10.8. The number of hydrogen-bond acceptors (Lipinski definition) is 1. The van der Waals surface area contributed by atoms with Crippen molar-refractivity contribution < 1.29 is 4.74 Å². The molecule has 2 fully saturated rings. The zero-order valence-corrected chi connectivity index (χ0v) is 20.0. The van der Waals surface area contributed by atoms with Crippen LogP contribution in [0.4, 0.5) is 0 Å². The first-order valence-electron chi connectivity index (χ1n) is 13.5. The molecule has 0 atom stereocenters. The third-order valence-electron chi connectivity index (χ3n) is 7.96. The van der Waals surface area contributed by atoms with Crippen molar-refractivity contribution in [1.29, 1.82) is 0 Å². The van der Waals surface area contributed by atoms with Gasteiger partial charge in [-0.2, -0.15) is 0 Å². The van der Waals surface area contributed by atoms with Crippen LogP contribution in [0.3, 0.4) is 0 Å². The molecule has 0 aliphatic heterocycles. The summed E-state index contributed by atoms with van der Waals surface area (Å²) >= 11 is 0. The van der Waals surface area contributed by atoms with Gasteiger partial charge in [-0.1, -0.05) is 95.9 Å². The quantitative estimate of drug-likeness (QED) is 0.311. The van der Waals surface area contributed by atoms with Gasteiger partial charge >= 0.3 is 0 Å². The summed E-state index contributed by atoms with van der Waals surface area (Å²) in [5.41, 5.74) is 3.04. The minimum atomic E-state index is 0.523. The van der Waals surface area contributed by atoms with E-state index in [9.17, 15) is 0 Å². The van der Waals surface area contributed by atoms with Crippen LogP contribution >= 0.6 is 0 Å². The standard InChI is InChI=1S/C29H48O/c1-3-5-6-9-25-11-13-26(14-12-25)10-7-23-30-29-21-19-28(20-22-29)27-17-15-24(8-4-2)16-18-27/h15-18,25-26,28-29H,3-14,19-23H2,1-2H3/t25-,26-,28-,29-. The zero-order valence-electron chi connectivity index (χ0n) is 20.0. The van der Waals surface area contributed by atoms with Crippen molar-refractivity contribution in [3.8, 4) is 0 Å². The van der Waals surface area contributed by atoms with Gasteiger partial charge < -0.3 is 4.74 Å². The van der Waals surface area contributed by atoms with E-state index in [1.165, 1.54) is 108 Å². The maximum Gasteiger partial charge on any atom is 0.0575 e. The number of ether oxygens (including phenoxy) is 1. The average molecular weight is 413 g/mol. The Labute approximate surface area is 187 Å². The van der Waals surface area contributed by atoms with Crippen molar-refractivity contribution in [2.45, 2.75) is 129 Å². The van der Waals surface area contributed by atoms with Gasteiger partial charge in [-0.15, -0.1) is 0 Å². The molecule has 1 aromatic rings. The lowest BCUT2D eigenvalue weighted by atomic mass is 9.78. The lowest BCUT2D eigenvalue weighted by molar-refractivity contribution is 0.0204. The summed E-state index contributed by atoms with van der Waals surface area (Å²) < 4.78 is 6.30. The summed E-state index contributed by atoms with van der Waals surface area (Å²) in [5, 5.41) is 0. The molecule has 30 heavy (non-hydrogen) atoms. The van der Waals surface area contributed by atoms with Crippen molar-refractivity contribution in [1.82, 2.24) is 0 Å². The number of aryl methyl sites for hydroxylation is 1. The molecule has 3 rings (SSSR count). The summed E-state index contributed by atoms with van der Waals surface area (Å²) in [6.45, 7) is 5.57. The second-order valence-corrected chi connectivity index (χ2v) is 10.4. The van der Waals surface area contributed by atoms with Crippen LogP contribution in [0.25, 0.3) is 0 Å². The van der Waals surface area contributed by atoms with Gasteiger partial charge in [-0.05, 0) is 73.8 Å². The van der Waals surface area contributed by atoms with Crippen molar-refractivity contribution in [3.63, 3.8) is 0 Å². The normalized spacial score (nSPS) is 27.3. The van der Waals surface area contributed by atoms with Gasteiger partial charge in [0.15, 0.2) is 0 Å². The summed E-state index contributed by atoms with van der Waals surface area (Å²) in [6.07, 6.45) is 22.5. The molecule has 2 aliphatic rings. The smallest absolute Gasteiger partial charge is 0.0575 e. The molecule has 0 saturated heterocycles. The Morgan fingerprint density at radius 3 is 1.93 bits per heavy atom. The van der Waals surface area contributed by atoms with E-state index in [4.69, 9.17) is 4.74 Å². The summed E-state index contributed by atoms with van der Waals surface area (Å²) in [7, 11) is 0. The highest BCUT2D eigenvalue weighted by molar-refractivity contribution is 5.25. The monoisotopic (exact) mass is 412 g/mol. The molecule has 2 saturated carbocycles. The van der Waals surface area contributed by atoms with E-state index >= 15 is 0 Å². The Balaban J connectivity index is 1.23. The minimum absolute atomic E-state index is 0.523. The van der Waals surface area contributed by atoms with E-state index in [-0.39, 0.29) is 0 Å². The molecule has 1 nitrogen and oxygen atoms in total. The Morgan fingerprint density at radius 2 is 1.33 bits per heavy atom. The third kappa shape index (κ3) is 8.03. The fourth-order valence-electron chi connectivity index (χ4n) is 5.92. The molecule has 170 valence electrons. The molecule has 2 aliphatic carbocycles. The maximum atomic E-state index is 6.30. The van der Waals surface area contributed by atoms with E-state index in [2.05, 4.69) is 38.1 Å². The van der Waals surface area contributed by atoms with Gasteiger partial charge in [-0.25, -0.2) is 0 Å². The highest BCUT2D eigenvalue weighted by Crippen LogP contribution is 2.36. The number of benzene rings is 1. The molecule has 0 amide bonds. The van der Waals surface area contributed by atoms with Crippen LogP contribution in [-0.2, 0) is 11.2 Å². The van der Waals surface area contributed by atoms with Crippen LogP contribution in [0.5, 0.6) is 0 Å². The van der Waals surface area contributed by atoms with Crippen LogP contribution in [0.15, 0.2) is 24.3 Å². The minimum Gasteiger partial charge on any atom is -0.378 e. The second kappa shape index (κ2) is 13.6. The summed E-state index contributed by atoms with van der Waals surface area (Å²) in [6, 6.07) is 9.46. The third-order valence-corrected chi connectivity index (χ3v) is 7.96. The largest absolute Gasteiger partial charge is 0.378 e. The topological polar surface area (TPSA) is 9.23 Å². The van der Waals surface area contributed by atoms with Gasteiger partial charge in [-0.3, -0.25) is 0 Å². The van der Waals surface area contributed by atoms with Crippen LogP contribution in [0.1, 0.15) is 127 Å². The molecular weight excluding hydrogens is 364 g/mol. The lowest BCUT2D eigenvalue weighted by Gasteiger charge is -2.30. The predicted octanol–water partition coefficient (Wildman–Crippen LogP) is 8.85. The Morgan fingerprint density at radius 1 is 0.700 bits per heavy atom. The van der Waals surface area contributed by atoms with Gasteiger partial charge in [0.1, 0.15) is 0 Å². The Hall–Kier alpha value is -0.820. The summed E-state index contributed by atoms with van der Waals surface area (Å²) in [5.74, 6) is 2.79. The molecule has 0 unspecified atom stereocenters. The van der Waals surface area contributed by atoms with E-state index in [0.717, 1.165) is 24.4 Å². The van der Waals surface area contributed by atoms with Gasteiger partial charge in [0.25, 0.3) is 0 Å². The first-order valence-corrected chi connectivity index (χ1v) is 13.5. The lowest BCUT2D eigenvalue weighted by Crippen LogP contribution is -2.21. The molecule has 0 spiro atoms. The van der Waals surface area contributed by atoms with Crippen LogP contribution in [0, 0.1) is 11.8 Å². The zero-order chi connectivity index (χ0) is 21.0. The van der Waals surface area contributed by atoms with Crippen molar-refractivity contribution >= 4 is 0 Å². The van der Waals surface area contributed by atoms with Gasteiger partial charge in [0.05, 0.1) is 6.10 Å². The predicted molar refractivity (Wildman–Crippen MR) is 130 cm³/mol. The first kappa shape index (κ1) is 23.8. The molecule has 0 radical (unpaired) electrons. The average Bonchev–Trinajstić information content (AvgIpc) is 2.79. The van der Waals surface area contributed by atoms with Crippen molar-refractivity contribution in [2.24, 2.45) is 11.8 Å². The highest BCUT2D eigenvalue weighted by Gasteiger charge is 2.23. The van der Waals surface area contributed by atoms with Crippen LogP contribution < -0.4 is 0 Å². The van der Waals surface area contributed by atoms with E-state index in [1.54, 1.807) is 5.56 Å². The fourth-order valence-corrected chi connectivity index (χ4v) is 5.92. The van der Waals surface area contributed by atoms with E-state index in [1.807, 2.05) is 0 Å². The number of rotatable bonds is 12. The molecule has 0 bridgehead atoms. The van der Waals surface area contributed by atoms with Gasteiger partial charge in [0.2, 0.25) is 0 Å². The molecule has 0 heterocycles. The van der Waals surface area contributed by atoms with Crippen LogP contribution in [0.2, 0.25) is 0 Å². The maximum absolute atomic E-state index is 6.30. The fraction of sp³-hybridized carbons (Fsp3) is 0.793. The number of unbranched alkanes of at least 4 members (excludes halogenated alkanes) is 2. The number of hydrogen-bond donors (Lipinski definition) is 0. The molecule has 0 N–H and O–H groups in total. The molecular formula is C29H48O. The Bertz CT molecular complexity index is 546. The van der Waals surface area contributed by atoms with Crippen molar-refractivity contribution in [3.05, 3.63) is 35.4 Å². The van der Waals surface area contributed by atoms with Crippen molar-refractivity contribution in [2.75, 3.05) is 6.61 Å². The van der Waals surface area contributed by atoms with Gasteiger partial charge in [0, 0.05) is 6.61 Å². The highest BCUT2D eigenvalue weighted by atomic mass is 16.5. The molecule has 1 aromatic carbocycles. The second-order valence-electron chi connectivity index (χ2n) is 10.4. The first-order chi connectivity index (χ1) is 14.8. The molecule has 1 heteroatoms. The SMILES string of the molecule is CCCCC[C@H]1CC[C@H](CCCO[C@H]2CC[C@H](c3ccc(CCC)cc3)CC2)CC1. The van der Waals surface area contributed by atoms with E-state index in [0.29, 0.717) is 6.10 Å². The van der Waals surface area contributed by atoms with E-state index < -0.39 is 0 Å². The van der Waals surface area contributed by atoms with Crippen LogP contribution in [-0.4, -0.2) is 12.7 Å². The molecule has 0 aromatic heterocycles. The summed E-state index contributed by atoms with van der Waals surface area (Å²) in [4.78, 5) is 0.